The Balaban J connectivity index is 2.47. The quantitative estimate of drug-likeness (QED) is 0.784. The standard InChI is InChI=1S/C11H17NO2/c1-3-6-9(4-2)12-11(13)10-7-5-8-14-10/h5,7-9H,3-4,6H2,1-2H3,(H,12,13). The van der Waals surface area contributed by atoms with Gasteiger partial charge in [-0.2, -0.15) is 0 Å². The van der Waals surface area contributed by atoms with Crippen molar-refractivity contribution in [2.75, 3.05) is 0 Å². The van der Waals surface area contributed by atoms with Crippen LogP contribution in [-0.2, 0) is 0 Å². The average molecular weight is 195 g/mol. The lowest BCUT2D eigenvalue weighted by Gasteiger charge is -2.14. The van der Waals surface area contributed by atoms with Gasteiger partial charge in [-0.05, 0) is 25.0 Å². The van der Waals surface area contributed by atoms with Gasteiger partial charge in [0.05, 0.1) is 6.26 Å². The Kier molecular flexibility index (Phi) is 4.23. The number of carbonyl (C=O) groups excluding carboxylic acids is 1. The summed E-state index contributed by atoms with van der Waals surface area (Å²) < 4.78 is 5.01. The minimum Gasteiger partial charge on any atom is -0.459 e. The SMILES string of the molecule is CCCC(CC)NC(=O)c1ccco1. The van der Waals surface area contributed by atoms with Crippen molar-refractivity contribution in [3.63, 3.8) is 0 Å². The summed E-state index contributed by atoms with van der Waals surface area (Å²) in [5, 5.41) is 2.94. The normalized spacial score (nSPS) is 12.4. The topological polar surface area (TPSA) is 42.2 Å². The molecule has 0 aliphatic carbocycles. The number of hydrogen-bond donors (Lipinski definition) is 1. The van der Waals surface area contributed by atoms with Crippen LogP contribution in [0.2, 0.25) is 0 Å². The van der Waals surface area contributed by atoms with Crippen LogP contribution in [0.5, 0.6) is 0 Å². The van der Waals surface area contributed by atoms with Gasteiger partial charge in [-0.15, -0.1) is 0 Å². The van der Waals surface area contributed by atoms with Crippen LogP contribution >= 0.6 is 0 Å². The molecule has 1 rings (SSSR count). The highest BCUT2D eigenvalue weighted by molar-refractivity contribution is 5.91. The van der Waals surface area contributed by atoms with Crippen molar-refractivity contribution in [2.45, 2.75) is 39.2 Å². The summed E-state index contributed by atoms with van der Waals surface area (Å²) in [4.78, 5) is 11.5. The largest absolute Gasteiger partial charge is 0.459 e. The van der Waals surface area contributed by atoms with Gasteiger partial charge in [0.15, 0.2) is 5.76 Å². The van der Waals surface area contributed by atoms with E-state index in [9.17, 15) is 4.79 Å². The van der Waals surface area contributed by atoms with Crippen LogP contribution in [0.4, 0.5) is 0 Å². The van der Waals surface area contributed by atoms with Crippen LogP contribution in [0.25, 0.3) is 0 Å². The van der Waals surface area contributed by atoms with Crippen molar-refractivity contribution in [3.8, 4) is 0 Å². The molecule has 1 aromatic rings. The zero-order chi connectivity index (χ0) is 10.4. The molecule has 0 aliphatic heterocycles. The highest BCUT2D eigenvalue weighted by Gasteiger charge is 2.12. The third-order valence-electron chi connectivity index (χ3n) is 2.21. The van der Waals surface area contributed by atoms with Gasteiger partial charge in [0.2, 0.25) is 0 Å². The third kappa shape index (κ3) is 2.91. The van der Waals surface area contributed by atoms with E-state index in [1.165, 1.54) is 6.26 Å². The second-order valence-corrected chi connectivity index (χ2v) is 3.34. The molecule has 3 heteroatoms. The van der Waals surface area contributed by atoms with E-state index in [0.717, 1.165) is 19.3 Å². The molecule has 3 nitrogen and oxygen atoms in total. The van der Waals surface area contributed by atoms with Crippen molar-refractivity contribution in [2.24, 2.45) is 0 Å². The monoisotopic (exact) mass is 195 g/mol. The molecule has 1 unspecified atom stereocenters. The molecular weight excluding hydrogens is 178 g/mol. The molecule has 1 N–H and O–H groups in total. The van der Waals surface area contributed by atoms with E-state index in [4.69, 9.17) is 4.42 Å². The number of carbonyl (C=O) groups is 1. The molecule has 1 heterocycles. The lowest BCUT2D eigenvalue weighted by Crippen LogP contribution is -2.33. The zero-order valence-corrected chi connectivity index (χ0v) is 8.75. The molecule has 1 aromatic heterocycles. The van der Waals surface area contributed by atoms with E-state index in [1.807, 2.05) is 0 Å². The van der Waals surface area contributed by atoms with Crippen molar-refractivity contribution in [1.82, 2.24) is 5.32 Å². The van der Waals surface area contributed by atoms with E-state index in [-0.39, 0.29) is 11.9 Å². The predicted octanol–water partition coefficient (Wildman–Crippen LogP) is 2.59. The van der Waals surface area contributed by atoms with Crippen LogP contribution in [0.3, 0.4) is 0 Å². The number of nitrogens with one attached hydrogen (secondary N) is 1. The molecule has 1 amide bonds. The first-order valence-corrected chi connectivity index (χ1v) is 5.12. The summed E-state index contributed by atoms with van der Waals surface area (Å²) in [6.07, 6.45) is 4.57. The molecule has 0 fully saturated rings. The van der Waals surface area contributed by atoms with Crippen LogP contribution in [0, 0.1) is 0 Å². The molecule has 78 valence electrons. The molecule has 0 aliphatic rings. The minimum absolute atomic E-state index is 0.115. The molecule has 0 radical (unpaired) electrons. The fourth-order valence-electron chi connectivity index (χ4n) is 1.39. The van der Waals surface area contributed by atoms with E-state index in [2.05, 4.69) is 19.2 Å². The number of hydrogen-bond acceptors (Lipinski definition) is 2. The Labute approximate surface area is 84.5 Å². The first kappa shape index (κ1) is 10.8. The highest BCUT2D eigenvalue weighted by Crippen LogP contribution is 2.04. The molecule has 1 atom stereocenters. The van der Waals surface area contributed by atoms with Crippen molar-refractivity contribution in [1.29, 1.82) is 0 Å². The van der Waals surface area contributed by atoms with Gasteiger partial charge in [0.25, 0.3) is 5.91 Å². The minimum atomic E-state index is -0.115. The maximum atomic E-state index is 11.5. The molecule has 0 spiro atoms. The summed E-state index contributed by atoms with van der Waals surface area (Å²) in [5.41, 5.74) is 0. The van der Waals surface area contributed by atoms with Crippen LogP contribution < -0.4 is 5.32 Å². The van der Waals surface area contributed by atoms with Crippen LogP contribution in [0.15, 0.2) is 22.8 Å². The molecule has 0 saturated heterocycles. The van der Waals surface area contributed by atoms with Gasteiger partial charge in [-0.3, -0.25) is 4.79 Å². The molecule has 0 aromatic carbocycles. The summed E-state index contributed by atoms with van der Waals surface area (Å²) in [6.45, 7) is 4.18. The molecular formula is C11H17NO2. The first-order chi connectivity index (χ1) is 6.77. The highest BCUT2D eigenvalue weighted by atomic mass is 16.3. The van der Waals surface area contributed by atoms with Gasteiger partial charge >= 0.3 is 0 Å². The Morgan fingerprint density at radius 1 is 1.57 bits per heavy atom. The van der Waals surface area contributed by atoms with Crippen molar-refractivity contribution in [3.05, 3.63) is 24.2 Å². The van der Waals surface area contributed by atoms with Gasteiger partial charge < -0.3 is 9.73 Å². The molecule has 0 bridgehead atoms. The van der Waals surface area contributed by atoms with Crippen LogP contribution in [-0.4, -0.2) is 11.9 Å². The van der Waals surface area contributed by atoms with E-state index in [1.54, 1.807) is 12.1 Å². The van der Waals surface area contributed by atoms with Gasteiger partial charge in [-0.1, -0.05) is 20.3 Å². The van der Waals surface area contributed by atoms with Gasteiger partial charge in [0, 0.05) is 6.04 Å². The maximum absolute atomic E-state index is 11.5. The van der Waals surface area contributed by atoms with Gasteiger partial charge in [-0.25, -0.2) is 0 Å². The predicted molar refractivity (Wildman–Crippen MR) is 55.2 cm³/mol. The zero-order valence-electron chi connectivity index (χ0n) is 8.75. The summed E-state index contributed by atoms with van der Waals surface area (Å²) in [6, 6.07) is 3.65. The Morgan fingerprint density at radius 2 is 2.36 bits per heavy atom. The maximum Gasteiger partial charge on any atom is 0.287 e. The lowest BCUT2D eigenvalue weighted by atomic mass is 10.1. The number of furan rings is 1. The lowest BCUT2D eigenvalue weighted by molar-refractivity contribution is 0.0905. The summed E-state index contributed by atoms with van der Waals surface area (Å²) in [7, 11) is 0. The Bertz CT molecular complexity index is 267. The Morgan fingerprint density at radius 3 is 2.86 bits per heavy atom. The summed E-state index contributed by atoms with van der Waals surface area (Å²) in [5.74, 6) is 0.273. The van der Waals surface area contributed by atoms with Gasteiger partial charge in [0.1, 0.15) is 0 Å². The van der Waals surface area contributed by atoms with Crippen molar-refractivity contribution >= 4 is 5.91 Å². The molecule has 14 heavy (non-hydrogen) atoms. The average Bonchev–Trinajstić information content (AvgIpc) is 2.69. The molecule has 0 saturated carbocycles. The third-order valence-corrected chi connectivity index (χ3v) is 2.21. The summed E-state index contributed by atoms with van der Waals surface area (Å²) >= 11 is 0. The second kappa shape index (κ2) is 5.47. The fourth-order valence-corrected chi connectivity index (χ4v) is 1.39. The first-order valence-electron chi connectivity index (χ1n) is 5.12. The fraction of sp³-hybridized carbons (Fsp3) is 0.545. The number of rotatable bonds is 5. The van der Waals surface area contributed by atoms with E-state index >= 15 is 0 Å². The Hall–Kier alpha value is -1.25. The second-order valence-electron chi connectivity index (χ2n) is 3.34. The van der Waals surface area contributed by atoms with Crippen molar-refractivity contribution < 1.29 is 9.21 Å². The smallest absolute Gasteiger partial charge is 0.287 e. The number of amides is 1. The van der Waals surface area contributed by atoms with E-state index in [0.29, 0.717) is 5.76 Å². The van der Waals surface area contributed by atoms with Crippen LogP contribution in [0.1, 0.15) is 43.7 Å². The van der Waals surface area contributed by atoms with E-state index < -0.39 is 0 Å².